The van der Waals surface area contributed by atoms with Gasteiger partial charge in [-0.25, -0.2) is 0 Å². The molecule has 6 aliphatic rings. The molecule has 0 aromatic rings. The molecule has 6 heteroatoms. The zero-order chi connectivity index (χ0) is 23.5. The Bertz CT molecular complexity index is 903. The minimum Gasteiger partial charge on any atom is -0.393 e. The number of carbonyl (C=O) groups excluding carboxylic acids is 1. The molecule has 1 spiro atoms. The van der Waals surface area contributed by atoms with Gasteiger partial charge in [-0.15, -0.1) is 0 Å². The van der Waals surface area contributed by atoms with Gasteiger partial charge in [-0.1, -0.05) is 20.8 Å². The summed E-state index contributed by atoms with van der Waals surface area (Å²) in [5.74, 6) is 0.994. The van der Waals surface area contributed by atoms with Gasteiger partial charge in [0, 0.05) is 35.3 Å². The predicted molar refractivity (Wildman–Crippen MR) is 123 cm³/mol. The van der Waals surface area contributed by atoms with E-state index in [1.165, 1.54) is 0 Å². The van der Waals surface area contributed by atoms with Crippen LogP contribution in [0, 0.1) is 35.0 Å². The Balaban J connectivity index is 1.41. The van der Waals surface area contributed by atoms with Crippen LogP contribution >= 0.6 is 0 Å². The molecule has 0 radical (unpaired) electrons. The molecule has 2 aliphatic heterocycles. The average Bonchev–Trinajstić information content (AvgIpc) is 3.19. The van der Waals surface area contributed by atoms with Gasteiger partial charge in [0.25, 0.3) is 0 Å². The molecule has 6 rings (SSSR count). The molecule has 2 heterocycles. The maximum atomic E-state index is 14.2. The minimum atomic E-state index is -1.20. The highest BCUT2D eigenvalue weighted by Crippen LogP contribution is 2.66. The van der Waals surface area contributed by atoms with Crippen molar-refractivity contribution in [3.63, 3.8) is 0 Å². The zero-order valence-electron chi connectivity index (χ0n) is 20.5. The number of piperidine rings is 1. The molecule has 0 aromatic carbocycles. The number of fused-ring (bicyclic) bond motifs is 6. The van der Waals surface area contributed by atoms with Crippen molar-refractivity contribution in [2.24, 2.45) is 35.0 Å². The number of hydrogen-bond acceptors (Lipinski definition) is 6. The van der Waals surface area contributed by atoms with E-state index in [1.54, 1.807) is 0 Å². The van der Waals surface area contributed by atoms with E-state index in [0.717, 1.165) is 43.4 Å². The average molecular weight is 460 g/mol. The summed E-state index contributed by atoms with van der Waals surface area (Å²) >= 11 is 0. The largest absolute Gasteiger partial charge is 0.393 e. The zero-order valence-corrected chi connectivity index (χ0v) is 20.5. The second-order valence-electron chi connectivity index (χ2n) is 12.8. The fraction of sp³-hybridized carbons (Fsp3) is 0.889. The van der Waals surface area contributed by atoms with Crippen LogP contribution in [0.15, 0.2) is 11.1 Å². The third kappa shape index (κ3) is 2.71. The van der Waals surface area contributed by atoms with Gasteiger partial charge in [0.05, 0.1) is 29.5 Å². The van der Waals surface area contributed by atoms with E-state index >= 15 is 0 Å². The van der Waals surface area contributed by atoms with Crippen LogP contribution in [0.5, 0.6) is 0 Å². The third-order valence-corrected chi connectivity index (χ3v) is 11.4. The van der Waals surface area contributed by atoms with Gasteiger partial charge in [0.15, 0.2) is 5.78 Å². The quantitative estimate of drug-likeness (QED) is 0.444. The highest BCUT2D eigenvalue weighted by Gasteiger charge is 2.70. The van der Waals surface area contributed by atoms with Crippen LogP contribution in [0.2, 0.25) is 0 Å². The number of nitrogens with one attached hydrogen (secondary N) is 1. The number of ketones is 1. The number of allylic oxidation sites excluding steroid dienone is 1. The van der Waals surface area contributed by atoms with E-state index in [9.17, 15) is 20.1 Å². The number of aliphatic hydroxyl groups is 3. The summed E-state index contributed by atoms with van der Waals surface area (Å²) in [6.07, 6.45) is 3.33. The van der Waals surface area contributed by atoms with Crippen LogP contribution in [-0.2, 0) is 9.53 Å². The highest BCUT2D eigenvalue weighted by atomic mass is 16.5. The molecular formula is C27H41NO5. The SMILES string of the molecule is CC1=C2C(=O)[C@H]3[C@@H](CC[C@]4(O)C[C@H](O)C[C@@H](O)[C@]34C)[C@@H]2CC[C@]12O[C@@H]1C[C@H](C)CN[C@H]1[C@H]2C. The first-order valence-corrected chi connectivity index (χ1v) is 13.3. The summed E-state index contributed by atoms with van der Waals surface area (Å²) in [6, 6.07) is 0.330. The molecule has 3 saturated carbocycles. The van der Waals surface area contributed by atoms with Crippen molar-refractivity contribution < 1.29 is 24.9 Å². The van der Waals surface area contributed by atoms with Gasteiger partial charge in [-0.3, -0.25) is 4.79 Å². The molecule has 6 nitrogen and oxygen atoms in total. The Morgan fingerprint density at radius 3 is 2.64 bits per heavy atom. The fourth-order valence-corrected chi connectivity index (χ4v) is 9.56. The number of Topliss-reactive ketones (excluding diaryl/α,β-unsaturated/α-hetero) is 1. The second-order valence-corrected chi connectivity index (χ2v) is 12.8. The van der Waals surface area contributed by atoms with Crippen LogP contribution in [-0.4, -0.2) is 63.2 Å². The molecule has 5 fully saturated rings. The highest BCUT2D eigenvalue weighted by molar-refractivity contribution is 6.02. The molecule has 0 aromatic heterocycles. The lowest BCUT2D eigenvalue weighted by atomic mass is 9.48. The van der Waals surface area contributed by atoms with Gasteiger partial charge in [0.1, 0.15) is 0 Å². The summed E-state index contributed by atoms with van der Waals surface area (Å²) in [7, 11) is 0. The van der Waals surface area contributed by atoms with Crippen LogP contribution in [0.4, 0.5) is 0 Å². The number of rotatable bonds is 0. The van der Waals surface area contributed by atoms with E-state index in [4.69, 9.17) is 4.74 Å². The maximum absolute atomic E-state index is 14.2. The number of aliphatic hydroxyl groups excluding tert-OH is 2. The van der Waals surface area contributed by atoms with Gasteiger partial charge in [-0.2, -0.15) is 0 Å². The van der Waals surface area contributed by atoms with Crippen molar-refractivity contribution in [3.8, 4) is 0 Å². The van der Waals surface area contributed by atoms with Crippen molar-refractivity contribution in [1.29, 1.82) is 0 Å². The Labute approximate surface area is 197 Å². The summed E-state index contributed by atoms with van der Waals surface area (Å²) < 4.78 is 6.88. The Morgan fingerprint density at radius 2 is 1.88 bits per heavy atom. The van der Waals surface area contributed by atoms with Gasteiger partial charge in [-0.05, 0) is 75.3 Å². The van der Waals surface area contributed by atoms with Crippen LogP contribution in [0.25, 0.3) is 0 Å². The van der Waals surface area contributed by atoms with Crippen molar-refractivity contribution in [1.82, 2.24) is 5.32 Å². The number of carbonyl (C=O) groups is 1. The summed E-state index contributed by atoms with van der Waals surface area (Å²) in [6.45, 7) is 9.62. The van der Waals surface area contributed by atoms with E-state index < -0.39 is 23.2 Å². The molecule has 2 saturated heterocycles. The third-order valence-electron chi connectivity index (χ3n) is 11.4. The van der Waals surface area contributed by atoms with Gasteiger partial charge >= 0.3 is 0 Å². The van der Waals surface area contributed by atoms with Crippen molar-refractivity contribution in [2.75, 3.05) is 6.54 Å². The molecule has 184 valence electrons. The van der Waals surface area contributed by atoms with Crippen molar-refractivity contribution in [3.05, 3.63) is 11.1 Å². The standard InChI is InChI=1S/C27H41NO5/c1-13-9-19-23(28-12-13)15(3)27(33-19)8-6-17-18-5-7-26(32)11-16(29)10-20(30)25(26,4)22(18)24(31)21(17)14(27)2/h13,15-20,22-23,28-30,32H,5-12H2,1-4H3/t13-,15+,16+,17-,18-,19+,20+,22+,23-,25+,26-,27-/m0/s1. The van der Waals surface area contributed by atoms with Crippen molar-refractivity contribution in [2.45, 2.75) is 108 Å². The van der Waals surface area contributed by atoms with Crippen molar-refractivity contribution >= 4 is 5.78 Å². The molecule has 0 bridgehead atoms. The summed E-state index contributed by atoms with van der Waals surface area (Å²) in [5.41, 5.74) is -0.449. The van der Waals surface area contributed by atoms with Crippen LogP contribution in [0.3, 0.4) is 0 Å². The monoisotopic (exact) mass is 459 g/mol. The lowest BCUT2D eigenvalue weighted by molar-refractivity contribution is -0.237. The molecule has 4 aliphatic carbocycles. The lowest BCUT2D eigenvalue weighted by Gasteiger charge is -2.59. The number of hydrogen-bond donors (Lipinski definition) is 4. The van der Waals surface area contributed by atoms with Gasteiger partial charge < -0.3 is 25.4 Å². The molecule has 0 amide bonds. The van der Waals surface area contributed by atoms with Crippen LogP contribution < -0.4 is 5.32 Å². The lowest BCUT2D eigenvalue weighted by Crippen LogP contribution is -2.66. The van der Waals surface area contributed by atoms with E-state index in [2.05, 4.69) is 26.1 Å². The van der Waals surface area contributed by atoms with E-state index in [-0.39, 0.29) is 48.1 Å². The van der Waals surface area contributed by atoms with E-state index in [1.807, 2.05) is 6.92 Å². The Hall–Kier alpha value is -0.790. The van der Waals surface area contributed by atoms with Crippen LogP contribution in [0.1, 0.15) is 72.6 Å². The Kier molecular flexibility index (Phi) is 4.90. The molecule has 12 atom stereocenters. The normalized spacial score (nSPS) is 58.2. The molecular weight excluding hydrogens is 418 g/mol. The first kappa shape index (κ1) is 22.7. The topological polar surface area (TPSA) is 99.0 Å². The fourth-order valence-electron chi connectivity index (χ4n) is 9.56. The first-order valence-electron chi connectivity index (χ1n) is 13.3. The minimum absolute atomic E-state index is 0.129. The smallest absolute Gasteiger partial charge is 0.163 e. The van der Waals surface area contributed by atoms with Gasteiger partial charge in [0.2, 0.25) is 0 Å². The Morgan fingerprint density at radius 1 is 1.12 bits per heavy atom. The predicted octanol–water partition coefficient (Wildman–Crippen LogP) is 2.35. The second kappa shape index (κ2) is 7.13. The first-order chi connectivity index (χ1) is 15.5. The summed E-state index contributed by atoms with van der Waals surface area (Å²) in [5, 5.41) is 36.8. The van der Waals surface area contributed by atoms with E-state index in [0.29, 0.717) is 24.3 Å². The molecule has 33 heavy (non-hydrogen) atoms. The molecule has 0 unspecified atom stereocenters. The number of ether oxygens (including phenoxy) is 1. The molecule has 4 N–H and O–H groups in total. The maximum Gasteiger partial charge on any atom is 0.163 e. The summed E-state index contributed by atoms with van der Waals surface area (Å²) in [4.78, 5) is 14.2.